The van der Waals surface area contributed by atoms with Gasteiger partial charge in [-0.1, -0.05) is 18.2 Å². The molecule has 7 heteroatoms. The Kier molecular flexibility index (Phi) is 4.94. The average molecular weight is 396 g/mol. The molecule has 0 bridgehead atoms. The van der Waals surface area contributed by atoms with E-state index in [2.05, 4.69) is 5.32 Å². The Bertz CT molecular complexity index is 1140. The van der Waals surface area contributed by atoms with Crippen molar-refractivity contribution in [1.29, 1.82) is 0 Å². The molecular weight excluding hydrogens is 373 g/mol. The number of likely N-dealkylation sites (N-methyl/N-ethyl adjacent to an activating group) is 1. The Balaban J connectivity index is 2.06. The van der Waals surface area contributed by atoms with E-state index in [1.54, 1.807) is 10.6 Å². The zero-order valence-electron chi connectivity index (χ0n) is 16.2. The molecule has 1 fully saturated rings. The zero-order valence-corrected chi connectivity index (χ0v) is 16.2. The van der Waals surface area contributed by atoms with Gasteiger partial charge in [0.25, 0.3) is 0 Å². The first-order valence-corrected chi connectivity index (χ1v) is 9.72. The first-order valence-electron chi connectivity index (χ1n) is 9.72. The molecule has 0 spiro atoms. The fourth-order valence-electron chi connectivity index (χ4n) is 4.20. The fourth-order valence-corrected chi connectivity index (χ4v) is 4.20. The molecule has 150 valence electrons. The van der Waals surface area contributed by atoms with Crippen molar-refractivity contribution in [2.45, 2.75) is 6.92 Å². The monoisotopic (exact) mass is 396 g/mol. The largest absolute Gasteiger partial charge is 0.477 e. The number of carbonyl (C=O) groups is 1. The van der Waals surface area contributed by atoms with E-state index < -0.39 is 17.2 Å². The van der Waals surface area contributed by atoms with E-state index in [0.29, 0.717) is 21.4 Å². The molecule has 0 amide bonds. The molecule has 2 N–H and O–H groups in total. The van der Waals surface area contributed by atoms with Crippen molar-refractivity contribution in [3.8, 4) is 5.69 Å². The highest BCUT2D eigenvalue weighted by molar-refractivity contribution is 5.94. The summed E-state index contributed by atoms with van der Waals surface area (Å²) >= 11 is 0. The summed E-state index contributed by atoms with van der Waals surface area (Å²) in [4.78, 5) is 24.4. The summed E-state index contributed by atoms with van der Waals surface area (Å²) in [5, 5.41) is 12.9. The Morgan fingerprint density at radius 2 is 1.90 bits per heavy atom. The Hall–Kier alpha value is -3.03. The molecule has 0 unspecified atom stereocenters. The molecule has 1 aliphatic rings. The summed E-state index contributed by atoms with van der Waals surface area (Å²) in [6.45, 7) is 5.84. The van der Waals surface area contributed by atoms with Crippen LogP contribution in [-0.4, -0.2) is 48.4 Å². The summed E-state index contributed by atoms with van der Waals surface area (Å²) in [5.41, 5.74) is 0.699. The van der Waals surface area contributed by atoms with Gasteiger partial charge in [0.05, 0.1) is 30.5 Å². The first-order chi connectivity index (χ1) is 14.0. The second-order valence-corrected chi connectivity index (χ2v) is 7.36. The molecule has 0 radical (unpaired) electrons. The van der Waals surface area contributed by atoms with E-state index in [1.165, 1.54) is 12.3 Å². The Labute approximate surface area is 167 Å². The number of halogens is 1. The van der Waals surface area contributed by atoms with Crippen molar-refractivity contribution < 1.29 is 14.3 Å². The summed E-state index contributed by atoms with van der Waals surface area (Å²) in [7, 11) is 0. The minimum atomic E-state index is -1.33. The number of nitrogens with zero attached hydrogens (tertiary/aromatic N) is 2. The van der Waals surface area contributed by atoms with Crippen LogP contribution in [0.5, 0.6) is 0 Å². The van der Waals surface area contributed by atoms with Crippen LogP contribution in [0.4, 0.5) is 10.1 Å². The van der Waals surface area contributed by atoms with Crippen LogP contribution in [0.3, 0.4) is 0 Å². The van der Waals surface area contributed by atoms with Crippen LogP contribution >= 0.6 is 0 Å². The van der Waals surface area contributed by atoms with Gasteiger partial charge in [-0.2, -0.15) is 0 Å². The van der Waals surface area contributed by atoms with E-state index in [-0.39, 0.29) is 10.9 Å². The van der Waals surface area contributed by atoms with Crippen LogP contribution in [0.15, 0.2) is 53.5 Å². The highest BCUT2D eigenvalue weighted by Crippen LogP contribution is 2.32. The number of benzene rings is 2. The number of carboxylic acid groups (broad SMARTS) is 1. The standard InChI is InChI=1S/C22H22FN3O3/c1-2-26(10-8-24-9-11-26)20-13-19-16(12-18(20)23)21(27)17(22(28)29)14-25(19)15-6-4-3-5-7-15/h3-7,12-14,24H,2,8-11H2,1H3/p+1. The molecular formula is C22H23FN3O3+. The fraction of sp³-hybridized carbons (Fsp3) is 0.273. The number of rotatable bonds is 4. The maximum Gasteiger partial charge on any atom is 0.341 e. The number of aromatic nitrogens is 1. The highest BCUT2D eigenvalue weighted by atomic mass is 19.1. The van der Waals surface area contributed by atoms with Gasteiger partial charge in [-0.25, -0.2) is 9.18 Å². The van der Waals surface area contributed by atoms with Crippen molar-refractivity contribution in [3.63, 3.8) is 0 Å². The number of quaternary nitrogens is 1. The quantitative estimate of drug-likeness (QED) is 0.666. The van der Waals surface area contributed by atoms with Crippen LogP contribution in [-0.2, 0) is 0 Å². The lowest BCUT2D eigenvalue weighted by Crippen LogP contribution is -2.60. The molecule has 0 atom stereocenters. The highest BCUT2D eigenvalue weighted by Gasteiger charge is 2.34. The number of piperazine rings is 1. The third-order valence-corrected chi connectivity index (χ3v) is 5.89. The molecule has 1 aromatic heterocycles. The van der Waals surface area contributed by atoms with Gasteiger partial charge in [0.1, 0.15) is 5.56 Å². The molecule has 0 aliphatic carbocycles. The number of pyridine rings is 1. The van der Waals surface area contributed by atoms with E-state index in [0.717, 1.165) is 32.7 Å². The van der Waals surface area contributed by atoms with Crippen molar-refractivity contribution in [2.75, 3.05) is 32.7 Å². The van der Waals surface area contributed by atoms with Gasteiger partial charge in [-0.05, 0) is 25.1 Å². The molecule has 2 aromatic carbocycles. The normalized spacial score (nSPS) is 16.1. The summed E-state index contributed by atoms with van der Waals surface area (Å²) in [6.07, 6.45) is 1.33. The summed E-state index contributed by atoms with van der Waals surface area (Å²) in [5.74, 6) is -1.80. The van der Waals surface area contributed by atoms with E-state index in [4.69, 9.17) is 0 Å². The molecule has 1 aliphatic heterocycles. The van der Waals surface area contributed by atoms with E-state index in [9.17, 15) is 14.7 Å². The smallest absolute Gasteiger partial charge is 0.341 e. The van der Waals surface area contributed by atoms with Crippen LogP contribution < -0.4 is 15.2 Å². The third-order valence-electron chi connectivity index (χ3n) is 5.89. The molecule has 4 rings (SSSR count). The molecule has 6 nitrogen and oxygen atoms in total. The average Bonchev–Trinajstić information content (AvgIpc) is 2.75. The number of para-hydroxylation sites is 1. The van der Waals surface area contributed by atoms with Crippen molar-refractivity contribution in [2.24, 2.45) is 0 Å². The van der Waals surface area contributed by atoms with Crippen molar-refractivity contribution in [3.05, 3.63) is 70.3 Å². The topological polar surface area (TPSA) is 71.3 Å². The number of hydrogen-bond acceptors (Lipinski definition) is 3. The van der Waals surface area contributed by atoms with Gasteiger partial charge in [0.15, 0.2) is 11.5 Å². The molecule has 2 heterocycles. The predicted molar refractivity (Wildman–Crippen MR) is 111 cm³/mol. The van der Waals surface area contributed by atoms with Gasteiger partial charge in [-0.15, -0.1) is 0 Å². The third kappa shape index (κ3) is 3.22. The maximum atomic E-state index is 15.3. The first kappa shape index (κ1) is 19.3. The molecule has 3 aromatic rings. The van der Waals surface area contributed by atoms with Crippen LogP contribution in [0.1, 0.15) is 17.3 Å². The lowest BCUT2D eigenvalue weighted by atomic mass is 10.1. The van der Waals surface area contributed by atoms with Gasteiger partial charge in [0.2, 0.25) is 5.43 Å². The maximum absolute atomic E-state index is 15.3. The van der Waals surface area contributed by atoms with Crippen molar-refractivity contribution >= 4 is 22.6 Å². The molecule has 29 heavy (non-hydrogen) atoms. The number of hydrogen-bond donors (Lipinski definition) is 2. The van der Waals surface area contributed by atoms with Gasteiger partial charge < -0.3 is 15.0 Å². The van der Waals surface area contributed by atoms with Gasteiger partial charge in [-0.3, -0.25) is 9.28 Å². The number of nitrogens with one attached hydrogen (secondary N) is 1. The lowest BCUT2D eigenvalue weighted by molar-refractivity contribution is 0.0695. The Morgan fingerprint density at radius 1 is 1.21 bits per heavy atom. The van der Waals surface area contributed by atoms with Crippen LogP contribution in [0, 0.1) is 5.82 Å². The number of fused-ring (bicyclic) bond motifs is 1. The van der Waals surface area contributed by atoms with Crippen LogP contribution in [0.25, 0.3) is 16.6 Å². The van der Waals surface area contributed by atoms with Crippen LogP contribution in [0.2, 0.25) is 0 Å². The predicted octanol–water partition coefficient (Wildman–Crippen LogP) is 2.76. The Morgan fingerprint density at radius 3 is 2.52 bits per heavy atom. The minimum absolute atomic E-state index is 0.0689. The van der Waals surface area contributed by atoms with E-state index >= 15 is 4.39 Å². The zero-order chi connectivity index (χ0) is 20.6. The minimum Gasteiger partial charge on any atom is -0.477 e. The van der Waals surface area contributed by atoms with Gasteiger partial charge >= 0.3 is 5.97 Å². The second kappa shape index (κ2) is 7.42. The van der Waals surface area contributed by atoms with Crippen molar-refractivity contribution in [1.82, 2.24) is 14.4 Å². The molecule has 1 saturated heterocycles. The summed E-state index contributed by atoms with van der Waals surface area (Å²) < 4.78 is 17.4. The number of aromatic carboxylic acids is 1. The van der Waals surface area contributed by atoms with E-state index in [1.807, 2.05) is 37.3 Å². The lowest BCUT2D eigenvalue weighted by Gasteiger charge is -2.40. The van der Waals surface area contributed by atoms with Gasteiger partial charge in [0, 0.05) is 31.0 Å². The SMILES string of the molecule is CC[N+]1(c2cc3c(cc2F)c(=O)c(C(=O)O)cn3-c2ccccc2)CCNCC1. The second-order valence-electron chi connectivity index (χ2n) is 7.36. The summed E-state index contributed by atoms with van der Waals surface area (Å²) in [6, 6.07) is 12.1. The molecule has 0 saturated carbocycles. The number of carboxylic acids is 1.